The average Bonchev–Trinajstić information content (AvgIpc) is 2.59. The molecule has 0 atom stereocenters. The molecule has 2 rings (SSSR count). The molecular weight excluding hydrogens is 513 g/mol. The van der Waals surface area contributed by atoms with E-state index in [0.717, 1.165) is 14.9 Å². The molecule has 0 radical (unpaired) electrons. The van der Waals surface area contributed by atoms with E-state index in [4.69, 9.17) is 44.3 Å². The first-order chi connectivity index (χ1) is 12.4. The predicted octanol–water partition coefficient (Wildman–Crippen LogP) is 5.18. The predicted molar refractivity (Wildman–Crippen MR) is 113 cm³/mol. The number of hydrazone groups is 1. The summed E-state index contributed by atoms with van der Waals surface area (Å²) in [4.78, 5) is 11.8. The fraction of sp³-hybridized carbons (Fsp3) is 0.176. The Morgan fingerprint density at radius 1 is 1.19 bits per heavy atom. The number of carbonyl (C=O) groups is 1. The molecule has 0 bridgehead atoms. The standard InChI is InChI=1S/C17H14Cl3IN2O3/c1-2-25-14-4-3-10(5-13(14)21)8-22-23-16(24)9-26-15-7-11(18)6-12(19)17(15)20/h3-8H,2,9H2,1H3,(H,23,24)/b22-8-. The maximum absolute atomic E-state index is 11.8. The van der Waals surface area contributed by atoms with E-state index in [1.807, 2.05) is 25.1 Å². The van der Waals surface area contributed by atoms with Gasteiger partial charge in [0.15, 0.2) is 6.61 Å². The summed E-state index contributed by atoms with van der Waals surface area (Å²) < 4.78 is 11.7. The lowest BCUT2D eigenvalue weighted by Crippen LogP contribution is -2.24. The summed E-state index contributed by atoms with van der Waals surface area (Å²) >= 11 is 19.9. The Bertz CT molecular complexity index is 831. The topological polar surface area (TPSA) is 59.9 Å². The zero-order chi connectivity index (χ0) is 19.1. The Hall–Kier alpha value is -1.22. The first kappa shape index (κ1) is 21.1. The molecule has 0 aliphatic carbocycles. The summed E-state index contributed by atoms with van der Waals surface area (Å²) in [5.41, 5.74) is 3.19. The van der Waals surface area contributed by atoms with Crippen LogP contribution in [0.5, 0.6) is 11.5 Å². The number of hydrogen-bond donors (Lipinski definition) is 1. The van der Waals surface area contributed by atoms with Crippen molar-refractivity contribution in [2.24, 2.45) is 5.10 Å². The van der Waals surface area contributed by atoms with Crippen LogP contribution in [-0.4, -0.2) is 25.3 Å². The van der Waals surface area contributed by atoms with Crippen LogP contribution in [0.2, 0.25) is 15.1 Å². The molecule has 0 heterocycles. The fourth-order valence-corrected chi connectivity index (χ4v) is 3.20. The number of carbonyl (C=O) groups excluding carboxylic acids is 1. The van der Waals surface area contributed by atoms with Crippen molar-refractivity contribution in [2.75, 3.05) is 13.2 Å². The van der Waals surface area contributed by atoms with Gasteiger partial charge in [-0.25, -0.2) is 5.43 Å². The Morgan fingerprint density at radius 2 is 1.96 bits per heavy atom. The smallest absolute Gasteiger partial charge is 0.277 e. The second-order valence-electron chi connectivity index (χ2n) is 4.90. The van der Waals surface area contributed by atoms with E-state index in [-0.39, 0.29) is 22.4 Å². The molecule has 0 aliphatic heterocycles. The van der Waals surface area contributed by atoms with Crippen molar-refractivity contribution in [3.63, 3.8) is 0 Å². The molecule has 0 unspecified atom stereocenters. The minimum atomic E-state index is -0.450. The maximum Gasteiger partial charge on any atom is 0.277 e. The summed E-state index contributed by atoms with van der Waals surface area (Å²) in [6.07, 6.45) is 1.53. The van der Waals surface area contributed by atoms with E-state index in [1.54, 1.807) is 0 Å². The third-order valence-corrected chi connectivity index (χ3v) is 4.82. The maximum atomic E-state index is 11.8. The number of nitrogens with one attached hydrogen (secondary N) is 1. The van der Waals surface area contributed by atoms with E-state index in [1.165, 1.54) is 18.3 Å². The van der Waals surface area contributed by atoms with Crippen LogP contribution < -0.4 is 14.9 Å². The van der Waals surface area contributed by atoms with Gasteiger partial charge in [0.25, 0.3) is 5.91 Å². The lowest BCUT2D eigenvalue weighted by atomic mass is 10.2. The van der Waals surface area contributed by atoms with Crippen molar-refractivity contribution in [1.82, 2.24) is 5.43 Å². The highest BCUT2D eigenvalue weighted by Gasteiger charge is 2.10. The molecule has 2 aromatic carbocycles. The first-order valence-electron chi connectivity index (χ1n) is 7.42. The van der Waals surface area contributed by atoms with Gasteiger partial charge in [-0.05, 0) is 59.3 Å². The van der Waals surface area contributed by atoms with Crippen LogP contribution in [0.25, 0.3) is 0 Å². The minimum Gasteiger partial charge on any atom is -0.493 e. The highest BCUT2D eigenvalue weighted by atomic mass is 127. The number of benzene rings is 2. The molecule has 0 fully saturated rings. The molecule has 0 saturated heterocycles. The first-order valence-corrected chi connectivity index (χ1v) is 9.63. The van der Waals surface area contributed by atoms with Crippen LogP contribution in [-0.2, 0) is 4.79 Å². The second-order valence-corrected chi connectivity index (χ2v) is 7.29. The molecule has 9 heteroatoms. The van der Waals surface area contributed by atoms with E-state index in [0.29, 0.717) is 11.6 Å². The fourth-order valence-electron chi connectivity index (χ4n) is 1.86. The third kappa shape index (κ3) is 6.19. The number of halogens is 4. The number of amides is 1. The van der Waals surface area contributed by atoms with Crippen LogP contribution in [0.15, 0.2) is 35.4 Å². The number of ether oxygens (including phenoxy) is 2. The highest BCUT2D eigenvalue weighted by Crippen LogP contribution is 2.35. The summed E-state index contributed by atoms with van der Waals surface area (Å²) in [5, 5.41) is 4.69. The Balaban J connectivity index is 1.89. The molecule has 0 aliphatic rings. The van der Waals surface area contributed by atoms with Crippen molar-refractivity contribution in [1.29, 1.82) is 0 Å². The molecule has 1 amide bonds. The van der Waals surface area contributed by atoms with Gasteiger partial charge in [0, 0.05) is 11.1 Å². The number of nitrogens with zero attached hydrogens (tertiary/aromatic N) is 1. The quantitative estimate of drug-likeness (QED) is 0.234. The van der Waals surface area contributed by atoms with Gasteiger partial charge in [-0.3, -0.25) is 4.79 Å². The Labute approximate surface area is 179 Å². The number of hydrogen-bond acceptors (Lipinski definition) is 4. The van der Waals surface area contributed by atoms with Crippen molar-refractivity contribution in [2.45, 2.75) is 6.92 Å². The van der Waals surface area contributed by atoms with Crippen molar-refractivity contribution < 1.29 is 14.3 Å². The summed E-state index contributed by atoms with van der Waals surface area (Å²) in [6.45, 7) is 2.24. The van der Waals surface area contributed by atoms with Crippen molar-refractivity contribution in [3.8, 4) is 11.5 Å². The molecule has 0 spiro atoms. The van der Waals surface area contributed by atoms with Gasteiger partial charge in [-0.15, -0.1) is 0 Å². The van der Waals surface area contributed by atoms with Gasteiger partial charge in [0.05, 0.1) is 21.4 Å². The average molecular weight is 528 g/mol. The monoisotopic (exact) mass is 526 g/mol. The van der Waals surface area contributed by atoms with Gasteiger partial charge in [0.2, 0.25) is 0 Å². The minimum absolute atomic E-state index is 0.191. The molecule has 138 valence electrons. The van der Waals surface area contributed by atoms with E-state index in [9.17, 15) is 4.79 Å². The van der Waals surface area contributed by atoms with Gasteiger partial charge in [-0.1, -0.05) is 34.8 Å². The van der Waals surface area contributed by atoms with Crippen LogP contribution in [0.4, 0.5) is 0 Å². The Morgan fingerprint density at radius 3 is 2.65 bits per heavy atom. The Kier molecular flexibility index (Phi) is 8.27. The molecule has 2 aromatic rings. The molecule has 26 heavy (non-hydrogen) atoms. The number of rotatable bonds is 7. The summed E-state index contributed by atoms with van der Waals surface area (Å²) in [7, 11) is 0. The van der Waals surface area contributed by atoms with Crippen LogP contribution in [0, 0.1) is 3.57 Å². The van der Waals surface area contributed by atoms with Gasteiger partial charge < -0.3 is 9.47 Å². The third-order valence-electron chi connectivity index (χ3n) is 2.98. The zero-order valence-corrected chi connectivity index (χ0v) is 18.0. The van der Waals surface area contributed by atoms with Gasteiger partial charge in [0.1, 0.15) is 16.5 Å². The zero-order valence-electron chi connectivity index (χ0n) is 13.6. The van der Waals surface area contributed by atoms with Crippen LogP contribution >= 0.6 is 57.4 Å². The van der Waals surface area contributed by atoms with Crippen molar-refractivity contribution >= 4 is 69.5 Å². The largest absolute Gasteiger partial charge is 0.493 e. The van der Waals surface area contributed by atoms with E-state index < -0.39 is 5.91 Å². The molecule has 1 N–H and O–H groups in total. The second kappa shape index (κ2) is 10.2. The van der Waals surface area contributed by atoms with E-state index in [2.05, 4.69) is 33.1 Å². The van der Waals surface area contributed by atoms with E-state index >= 15 is 0 Å². The summed E-state index contributed by atoms with van der Waals surface area (Å²) in [6, 6.07) is 8.55. The van der Waals surface area contributed by atoms with Crippen LogP contribution in [0.3, 0.4) is 0 Å². The van der Waals surface area contributed by atoms with Crippen LogP contribution in [0.1, 0.15) is 12.5 Å². The lowest BCUT2D eigenvalue weighted by molar-refractivity contribution is -0.123. The van der Waals surface area contributed by atoms with Crippen molar-refractivity contribution in [3.05, 3.63) is 54.5 Å². The van der Waals surface area contributed by atoms with Gasteiger partial charge in [-0.2, -0.15) is 5.10 Å². The van der Waals surface area contributed by atoms with Gasteiger partial charge >= 0.3 is 0 Å². The SMILES string of the molecule is CCOc1ccc(/C=N\NC(=O)COc2cc(Cl)cc(Cl)c2Cl)cc1I. The molecule has 0 aromatic heterocycles. The summed E-state index contributed by atoms with van der Waals surface area (Å²) in [5.74, 6) is 0.582. The molecule has 5 nitrogen and oxygen atoms in total. The lowest BCUT2D eigenvalue weighted by Gasteiger charge is -2.08. The molecule has 0 saturated carbocycles. The molecular formula is C17H14Cl3IN2O3. The normalized spacial score (nSPS) is 10.8. The highest BCUT2D eigenvalue weighted by molar-refractivity contribution is 14.1.